The summed E-state index contributed by atoms with van der Waals surface area (Å²) < 4.78 is 2.32. The van der Waals surface area contributed by atoms with Crippen molar-refractivity contribution in [2.75, 3.05) is 0 Å². The Kier molecular flexibility index (Phi) is 1.96. The summed E-state index contributed by atoms with van der Waals surface area (Å²) in [4.78, 5) is 5.76. The molecule has 2 aromatic rings. The average molecular weight is 218 g/mol. The molecule has 0 saturated heterocycles. The molecule has 3 rings (SSSR count). The molecule has 78 valence electrons. The second-order valence-electron chi connectivity index (χ2n) is 4.53. The third kappa shape index (κ3) is 1.26. The van der Waals surface area contributed by atoms with Gasteiger partial charge in [-0.2, -0.15) is 0 Å². The number of imidazole rings is 1. The molecule has 3 heteroatoms. The zero-order chi connectivity index (χ0) is 10.4. The summed E-state index contributed by atoms with van der Waals surface area (Å²) in [5.41, 5.74) is 2.68. The fourth-order valence-electron chi connectivity index (χ4n) is 2.35. The van der Waals surface area contributed by atoms with Gasteiger partial charge in [-0.1, -0.05) is 13.8 Å². The first-order valence-electron chi connectivity index (χ1n) is 5.37. The van der Waals surface area contributed by atoms with Crippen molar-refractivity contribution in [1.82, 2.24) is 9.55 Å². The van der Waals surface area contributed by atoms with Crippen LogP contribution in [0.1, 0.15) is 31.2 Å². The number of rotatable bonds is 2. The first kappa shape index (κ1) is 9.16. The second-order valence-corrected chi connectivity index (χ2v) is 5.48. The predicted molar refractivity (Wildman–Crippen MR) is 63.1 cm³/mol. The fraction of sp³-hybridized carbons (Fsp3) is 0.417. The minimum Gasteiger partial charge on any atom is -0.322 e. The van der Waals surface area contributed by atoms with Gasteiger partial charge >= 0.3 is 0 Å². The van der Waals surface area contributed by atoms with Crippen molar-refractivity contribution >= 4 is 11.3 Å². The van der Waals surface area contributed by atoms with Gasteiger partial charge in [-0.05, 0) is 23.8 Å². The summed E-state index contributed by atoms with van der Waals surface area (Å²) >= 11 is 1.87. The van der Waals surface area contributed by atoms with E-state index in [4.69, 9.17) is 0 Å². The van der Waals surface area contributed by atoms with E-state index in [2.05, 4.69) is 34.8 Å². The van der Waals surface area contributed by atoms with Gasteiger partial charge in [0.2, 0.25) is 0 Å². The van der Waals surface area contributed by atoms with Crippen molar-refractivity contribution < 1.29 is 0 Å². The lowest BCUT2D eigenvalue weighted by molar-refractivity contribution is 0.469. The summed E-state index contributed by atoms with van der Waals surface area (Å²) in [5, 5.41) is 2.19. The van der Waals surface area contributed by atoms with E-state index in [0.29, 0.717) is 6.04 Å². The first-order valence-corrected chi connectivity index (χ1v) is 6.25. The molecule has 0 radical (unpaired) electrons. The quantitative estimate of drug-likeness (QED) is 0.753. The van der Waals surface area contributed by atoms with E-state index in [9.17, 15) is 0 Å². The largest absolute Gasteiger partial charge is 0.322 e. The molecule has 1 atom stereocenters. The van der Waals surface area contributed by atoms with Crippen LogP contribution in [0.4, 0.5) is 0 Å². The van der Waals surface area contributed by atoms with Crippen molar-refractivity contribution in [2.45, 2.75) is 26.3 Å². The molecule has 0 aliphatic carbocycles. The number of thiophene rings is 1. The van der Waals surface area contributed by atoms with E-state index < -0.39 is 0 Å². The van der Waals surface area contributed by atoms with Gasteiger partial charge in [0, 0.05) is 10.4 Å². The number of hydrogen-bond donors (Lipinski definition) is 0. The summed E-state index contributed by atoms with van der Waals surface area (Å²) in [6, 6.07) is 2.74. The Morgan fingerprint density at radius 1 is 1.53 bits per heavy atom. The topological polar surface area (TPSA) is 17.8 Å². The molecule has 0 N–H and O–H groups in total. The van der Waals surface area contributed by atoms with Crippen molar-refractivity contribution in [3.63, 3.8) is 0 Å². The van der Waals surface area contributed by atoms with Crippen LogP contribution in [0.15, 0.2) is 24.0 Å². The van der Waals surface area contributed by atoms with Crippen LogP contribution in [0.5, 0.6) is 0 Å². The van der Waals surface area contributed by atoms with E-state index in [1.165, 1.54) is 22.6 Å². The van der Waals surface area contributed by atoms with Gasteiger partial charge in [0.1, 0.15) is 0 Å². The molecule has 0 fully saturated rings. The Balaban J connectivity index is 2.10. The molecule has 3 heterocycles. The van der Waals surface area contributed by atoms with Crippen LogP contribution >= 0.6 is 11.3 Å². The highest BCUT2D eigenvalue weighted by atomic mass is 32.1. The van der Waals surface area contributed by atoms with E-state index >= 15 is 0 Å². The van der Waals surface area contributed by atoms with Crippen molar-refractivity contribution in [2.24, 2.45) is 5.92 Å². The highest BCUT2D eigenvalue weighted by molar-refractivity contribution is 7.10. The van der Waals surface area contributed by atoms with Crippen LogP contribution in [-0.4, -0.2) is 9.55 Å². The molecule has 0 amide bonds. The minimum absolute atomic E-state index is 0.525. The normalized spacial score (nSPS) is 18.2. The van der Waals surface area contributed by atoms with Crippen LogP contribution in [0.2, 0.25) is 0 Å². The third-order valence-corrected chi connectivity index (χ3v) is 3.99. The van der Waals surface area contributed by atoms with Crippen LogP contribution < -0.4 is 0 Å². The second kappa shape index (κ2) is 3.20. The Bertz CT molecular complexity index is 441. The SMILES string of the molecule is CC(C)CC1c2sccc2-c2cncn21. The average Bonchev–Trinajstić information content (AvgIpc) is 2.83. The molecule has 0 spiro atoms. The van der Waals surface area contributed by atoms with Crippen molar-refractivity contribution in [1.29, 1.82) is 0 Å². The zero-order valence-corrected chi connectivity index (χ0v) is 9.79. The lowest BCUT2D eigenvalue weighted by Crippen LogP contribution is -2.07. The van der Waals surface area contributed by atoms with Crippen molar-refractivity contribution in [3.05, 3.63) is 28.8 Å². The lowest BCUT2D eigenvalue weighted by Gasteiger charge is -2.15. The van der Waals surface area contributed by atoms with Gasteiger partial charge in [-0.25, -0.2) is 4.98 Å². The van der Waals surface area contributed by atoms with Gasteiger partial charge in [0.25, 0.3) is 0 Å². The van der Waals surface area contributed by atoms with Gasteiger partial charge in [-0.3, -0.25) is 0 Å². The first-order chi connectivity index (χ1) is 7.27. The molecule has 2 nitrogen and oxygen atoms in total. The highest BCUT2D eigenvalue weighted by Crippen LogP contribution is 2.44. The van der Waals surface area contributed by atoms with Crippen LogP contribution in [0.25, 0.3) is 11.3 Å². The molecule has 1 aliphatic rings. The number of nitrogens with zero attached hydrogens (tertiary/aromatic N) is 2. The highest BCUT2D eigenvalue weighted by Gasteiger charge is 2.29. The molecule has 0 bridgehead atoms. The Morgan fingerprint density at radius 3 is 3.20 bits per heavy atom. The zero-order valence-electron chi connectivity index (χ0n) is 8.97. The standard InChI is InChI=1S/C12H14N2S/c1-8(2)5-10-12-9(3-4-15-12)11-6-13-7-14(10)11/h3-4,6-8,10H,5H2,1-2H3. The predicted octanol–water partition coefficient (Wildman–Crippen LogP) is 3.56. The monoisotopic (exact) mass is 218 g/mol. The summed E-state index contributed by atoms with van der Waals surface area (Å²) in [6.07, 6.45) is 5.15. The number of fused-ring (bicyclic) bond motifs is 3. The van der Waals surface area contributed by atoms with E-state index in [0.717, 1.165) is 5.92 Å². The maximum absolute atomic E-state index is 4.25. The summed E-state index contributed by atoms with van der Waals surface area (Å²) in [6.45, 7) is 4.56. The fourth-order valence-corrected chi connectivity index (χ4v) is 3.36. The maximum Gasteiger partial charge on any atom is 0.0957 e. The summed E-state index contributed by atoms with van der Waals surface area (Å²) in [7, 11) is 0. The smallest absolute Gasteiger partial charge is 0.0957 e. The molecule has 1 unspecified atom stereocenters. The van der Waals surface area contributed by atoms with Crippen LogP contribution in [0.3, 0.4) is 0 Å². The van der Waals surface area contributed by atoms with Crippen LogP contribution in [0, 0.1) is 5.92 Å². The Labute approximate surface area is 93.6 Å². The van der Waals surface area contributed by atoms with E-state index in [1.54, 1.807) is 0 Å². The lowest BCUT2D eigenvalue weighted by atomic mass is 10.0. The number of aromatic nitrogens is 2. The molecule has 2 aromatic heterocycles. The third-order valence-electron chi connectivity index (χ3n) is 2.97. The number of hydrogen-bond acceptors (Lipinski definition) is 2. The van der Waals surface area contributed by atoms with Gasteiger partial charge in [0.05, 0.1) is 24.3 Å². The van der Waals surface area contributed by atoms with Crippen molar-refractivity contribution in [3.8, 4) is 11.3 Å². The maximum atomic E-state index is 4.25. The molecular formula is C12H14N2S. The molecule has 0 aromatic carbocycles. The van der Waals surface area contributed by atoms with Gasteiger partial charge in [0.15, 0.2) is 0 Å². The van der Waals surface area contributed by atoms with Gasteiger partial charge in [-0.15, -0.1) is 11.3 Å². The Hall–Kier alpha value is -1.09. The van der Waals surface area contributed by atoms with E-state index in [1.807, 2.05) is 23.9 Å². The Morgan fingerprint density at radius 2 is 2.40 bits per heavy atom. The van der Waals surface area contributed by atoms with Crippen LogP contribution in [-0.2, 0) is 0 Å². The molecule has 0 saturated carbocycles. The summed E-state index contributed by atoms with van der Waals surface area (Å²) in [5.74, 6) is 0.721. The minimum atomic E-state index is 0.525. The van der Waals surface area contributed by atoms with E-state index in [-0.39, 0.29) is 0 Å². The van der Waals surface area contributed by atoms with Gasteiger partial charge < -0.3 is 4.57 Å². The molecule has 15 heavy (non-hydrogen) atoms. The molecule has 1 aliphatic heterocycles. The molecular weight excluding hydrogens is 204 g/mol.